The number of anilines is 1. The average molecular weight is 488 g/mol. The summed E-state index contributed by atoms with van der Waals surface area (Å²) in [5, 5.41) is 14.6. The van der Waals surface area contributed by atoms with E-state index >= 15 is 0 Å². The van der Waals surface area contributed by atoms with E-state index in [1.165, 1.54) is 4.90 Å². The van der Waals surface area contributed by atoms with Gasteiger partial charge in [0, 0.05) is 20.1 Å². The molecule has 1 aliphatic heterocycles. The van der Waals surface area contributed by atoms with Crippen molar-refractivity contribution in [3.05, 3.63) is 11.3 Å². The Hall–Kier alpha value is -2.98. The SMILES string of the molecule is CN(C(=O)OC(C)(C)C)c1c(C#N)c(C#C[Si](C)(C)C)nn1[C@H]1CCN(C(=O)OC(C)(C)C)C1. The summed E-state index contributed by atoms with van der Waals surface area (Å²) in [6.45, 7) is 17.9. The molecule has 0 unspecified atom stereocenters. The molecule has 0 N–H and O–H groups in total. The highest BCUT2D eigenvalue weighted by Gasteiger charge is 2.36. The topological polar surface area (TPSA) is 101 Å². The van der Waals surface area contributed by atoms with E-state index in [0.717, 1.165) is 0 Å². The van der Waals surface area contributed by atoms with Crippen LogP contribution in [0, 0.1) is 22.8 Å². The second-order valence-corrected chi connectivity index (χ2v) is 16.3. The predicted molar refractivity (Wildman–Crippen MR) is 133 cm³/mol. The Morgan fingerprint density at radius 1 is 1.12 bits per heavy atom. The van der Waals surface area contributed by atoms with Crippen LogP contribution in [0.5, 0.6) is 0 Å². The molecular formula is C24H37N5O4Si. The summed E-state index contributed by atoms with van der Waals surface area (Å²) in [6, 6.07) is 1.93. The molecular weight excluding hydrogens is 450 g/mol. The van der Waals surface area contributed by atoms with E-state index < -0.39 is 31.5 Å². The zero-order valence-corrected chi connectivity index (χ0v) is 23.1. The number of likely N-dealkylation sites (tertiary alicyclic amines) is 1. The molecule has 2 rings (SSSR count). The maximum Gasteiger partial charge on any atom is 0.415 e. The Morgan fingerprint density at radius 2 is 1.71 bits per heavy atom. The third-order valence-electron chi connectivity index (χ3n) is 4.70. The van der Waals surface area contributed by atoms with Crippen molar-refractivity contribution in [2.75, 3.05) is 25.0 Å². The van der Waals surface area contributed by atoms with E-state index in [1.54, 1.807) is 37.4 Å². The van der Waals surface area contributed by atoms with Crippen molar-refractivity contribution in [3.63, 3.8) is 0 Å². The highest BCUT2D eigenvalue weighted by molar-refractivity contribution is 6.83. The molecule has 34 heavy (non-hydrogen) atoms. The Labute approximate surface area is 204 Å². The van der Waals surface area contributed by atoms with Crippen molar-refractivity contribution in [2.24, 2.45) is 0 Å². The first-order chi connectivity index (χ1) is 15.4. The smallest absolute Gasteiger partial charge is 0.415 e. The number of rotatable bonds is 2. The number of ether oxygens (including phenoxy) is 2. The molecule has 1 atom stereocenters. The summed E-state index contributed by atoms with van der Waals surface area (Å²) >= 11 is 0. The predicted octanol–water partition coefficient (Wildman–Crippen LogP) is 4.54. The Kier molecular flexibility index (Phi) is 7.79. The monoisotopic (exact) mass is 487 g/mol. The lowest BCUT2D eigenvalue weighted by molar-refractivity contribution is 0.0287. The van der Waals surface area contributed by atoms with Crippen LogP contribution in [-0.4, -0.2) is 66.3 Å². The van der Waals surface area contributed by atoms with Crippen LogP contribution in [0.15, 0.2) is 0 Å². The van der Waals surface area contributed by atoms with Crippen LogP contribution in [0.1, 0.15) is 65.3 Å². The summed E-state index contributed by atoms with van der Waals surface area (Å²) in [6.07, 6.45) is -0.401. The third kappa shape index (κ3) is 7.26. The second kappa shape index (κ2) is 9.71. The van der Waals surface area contributed by atoms with Crippen molar-refractivity contribution >= 4 is 26.1 Å². The molecule has 1 fully saturated rings. The van der Waals surface area contributed by atoms with Gasteiger partial charge >= 0.3 is 12.2 Å². The zero-order chi connectivity index (χ0) is 26.1. The van der Waals surface area contributed by atoms with Crippen LogP contribution < -0.4 is 4.90 Å². The quantitative estimate of drug-likeness (QED) is 0.448. The van der Waals surface area contributed by atoms with Crippen LogP contribution in [0.2, 0.25) is 19.6 Å². The molecule has 10 heteroatoms. The molecule has 0 spiro atoms. The van der Waals surface area contributed by atoms with E-state index in [2.05, 4.69) is 42.3 Å². The standard InChI is InChI=1S/C24H37N5O4Si/c1-23(2,3)32-21(30)27(7)20-18(15-25)19(12-14-34(8,9)10)26-29(20)17-11-13-28(16-17)22(31)33-24(4,5)6/h17H,11,13,16H2,1-10H3/t17-/m0/s1. The van der Waals surface area contributed by atoms with Gasteiger partial charge in [-0.05, 0) is 48.0 Å². The van der Waals surface area contributed by atoms with Gasteiger partial charge in [0.05, 0.1) is 6.04 Å². The van der Waals surface area contributed by atoms with Crippen LogP contribution >= 0.6 is 0 Å². The molecule has 0 aliphatic carbocycles. The Balaban J connectivity index is 2.50. The molecule has 9 nitrogen and oxygen atoms in total. The van der Waals surface area contributed by atoms with Gasteiger partial charge < -0.3 is 14.4 Å². The van der Waals surface area contributed by atoms with Crippen molar-refractivity contribution in [3.8, 4) is 17.5 Å². The lowest BCUT2D eigenvalue weighted by atomic mass is 10.2. The van der Waals surface area contributed by atoms with Crippen molar-refractivity contribution < 1.29 is 19.1 Å². The normalized spacial score (nSPS) is 16.4. The van der Waals surface area contributed by atoms with Gasteiger partial charge in [-0.1, -0.05) is 25.6 Å². The van der Waals surface area contributed by atoms with E-state index in [-0.39, 0.29) is 11.6 Å². The number of carbonyl (C=O) groups is 2. The first kappa shape index (κ1) is 27.3. The molecule has 0 radical (unpaired) electrons. The summed E-state index contributed by atoms with van der Waals surface area (Å²) in [5.74, 6) is 3.38. The van der Waals surface area contributed by atoms with E-state index in [4.69, 9.17) is 9.47 Å². The highest BCUT2D eigenvalue weighted by atomic mass is 28.3. The number of nitrogens with zero attached hydrogens (tertiary/aromatic N) is 5. The summed E-state index contributed by atoms with van der Waals surface area (Å²) in [7, 11) is -0.185. The Morgan fingerprint density at radius 3 is 2.21 bits per heavy atom. The molecule has 0 saturated carbocycles. The molecule has 1 aromatic rings. The molecule has 1 saturated heterocycles. The molecule has 2 heterocycles. The number of nitriles is 1. The van der Waals surface area contributed by atoms with E-state index in [1.807, 2.05) is 20.8 Å². The van der Waals surface area contributed by atoms with Crippen LogP contribution in [0.4, 0.5) is 15.4 Å². The van der Waals surface area contributed by atoms with Gasteiger partial charge in [-0.25, -0.2) is 14.3 Å². The minimum Gasteiger partial charge on any atom is -0.444 e. The number of amides is 2. The molecule has 1 aromatic heterocycles. The summed E-state index contributed by atoms with van der Waals surface area (Å²) in [4.78, 5) is 28.4. The van der Waals surface area contributed by atoms with Crippen LogP contribution in [0.25, 0.3) is 0 Å². The van der Waals surface area contributed by atoms with Crippen molar-refractivity contribution in [1.29, 1.82) is 5.26 Å². The average Bonchev–Trinajstić information content (AvgIpc) is 3.26. The molecule has 0 aromatic carbocycles. The maximum atomic E-state index is 12.9. The lowest BCUT2D eigenvalue weighted by Gasteiger charge is -2.26. The van der Waals surface area contributed by atoms with E-state index in [0.29, 0.717) is 31.0 Å². The molecule has 2 amide bonds. The van der Waals surface area contributed by atoms with Crippen LogP contribution in [0.3, 0.4) is 0 Å². The first-order valence-electron chi connectivity index (χ1n) is 11.4. The second-order valence-electron chi connectivity index (χ2n) is 11.5. The van der Waals surface area contributed by atoms with E-state index in [9.17, 15) is 14.9 Å². The van der Waals surface area contributed by atoms with Crippen molar-refractivity contribution in [1.82, 2.24) is 14.7 Å². The fraction of sp³-hybridized carbons (Fsp3) is 0.667. The van der Waals surface area contributed by atoms with Crippen LogP contribution in [-0.2, 0) is 9.47 Å². The van der Waals surface area contributed by atoms with Gasteiger partial charge in [0.2, 0.25) is 0 Å². The van der Waals surface area contributed by atoms with Gasteiger partial charge in [0.15, 0.2) is 11.5 Å². The largest absolute Gasteiger partial charge is 0.444 e. The zero-order valence-electron chi connectivity index (χ0n) is 22.1. The summed E-state index contributed by atoms with van der Waals surface area (Å²) in [5.41, 5.74) is 2.48. The third-order valence-corrected chi connectivity index (χ3v) is 5.57. The molecule has 0 bridgehead atoms. The van der Waals surface area contributed by atoms with Gasteiger partial charge in [0.25, 0.3) is 0 Å². The maximum absolute atomic E-state index is 12.9. The Bertz CT molecular complexity index is 1040. The van der Waals surface area contributed by atoms with Gasteiger partial charge in [-0.2, -0.15) is 10.4 Å². The number of hydrogen-bond donors (Lipinski definition) is 0. The van der Waals surface area contributed by atoms with Gasteiger partial charge in [-0.15, -0.1) is 5.54 Å². The lowest BCUT2D eigenvalue weighted by Crippen LogP contribution is -2.37. The first-order valence-corrected chi connectivity index (χ1v) is 14.9. The minimum absolute atomic E-state index is 0.217. The number of hydrogen-bond acceptors (Lipinski definition) is 6. The summed E-state index contributed by atoms with van der Waals surface area (Å²) < 4.78 is 12.7. The van der Waals surface area contributed by atoms with Gasteiger partial charge in [0.1, 0.15) is 30.9 Å². The number of aromatic nitrogens is 2. The fourth-order valence-electron chi connectivity index (χ4n) is 3.29. The molecule has 186 valence electrons. The molecule has 1 aliphatic rings. The van der Waals surface area contributed by atoms with Gasteiger partial charge in [-0.3, -0.25) is 4.90 Å². The fourth-order valence-corrected chi connectivity index (χ4v) is 3.78. The van der Waals surface area contributed by atoms with Crippen molar-refractivity contribution in [2.45, 2.75) is 84.8 Å². The highest BCUT2D eigenvalue weighted by Crippen LogP contribution is 2.32. The minimum atomic E-state index is -1.74. The number of carbonyl (C=O) groups excluding carboxylic acids is 2.